The van der Waals surface area contributed by atoms with Crippen molar-refractivity contribution >= 4 is 6.03 Å². The van der Waals surface area contributed by atoms with Gasteiger partial charge in [0.05, 0.1) is 0 Å². The Bertz CT molecular complexity index is 188. The normalized spacial score (nSPS) is 26.1. The fourth-order valence-electron chi connectivity index (χ4n) is 1.68. The van der Waals surface area contributed by atoms with Crippen molar-refractivity contribution in [3.05, 3.63) is 0 Å². The van der Waals surface area contributed by atoms with Crippen LogP contribution in [0.1, 0.15) is 33.1 Å². The predicted molar refractivity (Wildman–Crippen MR) is 57.3 cm³/mol. The molecule has 1 heterocycles. The molecule has 0 aromatic carbocycles. The van der Waals surface area contributed by atoms with E-state index in [0.717, 1.165) is 25.9 Å². The Hall–Kier alpha value is -0.770. The van der Waals surface area contributed by atoms with E-state index in [-0.39, 0.29) is 11.6 Å². The van der Waals surface area contributed by atoms with E-state index >= 15 is 0 Å². The third-order valence-electron chi connectivity index (χ3n) is 2.63. The van der Waals surface area contributed by atoms with Crippen molar-refractivity contribution in [1.29, 1.82) is 0 Å². The first-order valence-corrected chi connectivity index (χ1v) is 5.43. The van der Waals surface area contributed by atoms with Crippen LogP contribution in [0.4, 0.5) is 4.79 Å². The zero-order valence-corrected chi connectivity index (χ0v) is 9.15. The number of rotatable bonds is 4. The van der Waals surface area contributed by atoms with Crippen LogP contribution in [0.25, 0.3) is 0 Å². The van der Waals surface area contributed by atoms with Gasteiger partial charge >= 0.3 is 6.03 Å². The smallest absolute Gasteiger partial charge is 0.314 e. The molecule has 14 heavy (non-hydrogen) atoms. The number of amides is 2. The number of carbonyl (C=O) groups excluding carboxylic acids is 1. The maximum atomic E-state index is 11.3. The van der Waals surface area contributed by atoms with Crippen molar-refractivity contribution in [2.24, 2.45) is 0 Å². The van der Waals surface area contributed by atoms with Gasteiger partial charge in [0, 0.05) is 18.6 Å². The van der Waals surface area contributed by atoms with Crippen LogP contribution in [-0.4, -0.2) is 31.2 Å². The molecule has 4 nitrogen and oxygen atoms in total. The minimum Gasteiger partial charge on any atom is -0.338 e. The van der Waals surface area contributed by atoms with Gasteiger partial charge in [0.1, 0.15) is 0 Å². The summed E-state index contributed by atoms with van der Waals surface area (Å²) in [6, 6.07) is -0.0539. The Morgan fingerprint density at radius 2 is 2.29 bits per heavy atom. The Balaban J connectivity index is 2.15. The summed E-state index contributed by atoms with van der Waals surface area (Å²) in [6.07, 6.45) is 3.32. The fourth-order valence-corrected chi connectivity index (χ4v) is 1.68. The van der Waals surface area contributed by atoms with E-state index in [1.165, 1.54) is 6.42 Å². The zero-order valence-electron chi connectivity index (χ0n) is 9.15. The SMILES string of the molecule is CCCNC(=O)NCC1(C)CCCN1. The van der Waals surface area contributed by atoms with Gasteiger partial charge in [-0.2, -0.15) is 0 Å². The monoisotopic (exact) mass is 199 g/mol. The summed E-state index contributed by atoms with van der Waals surface area (Å²) >= 11 is 0. The van der Waals surface area contributed by atoms with Crippen LogP contribution in [0, 0.1) is 0 Å². The number of urea groups is 1. The van der Waals surface area contributed by atoms with E-state index in [9.17, 15) is 4.79 Å². The summed E-state index contributed by atoms with van der Waals surface area (Å²) in [4.78, 5) is 11.3. The predicted octanol–water partition coefficient (Wildman–Crippen LogP) is 0.838. The molecule has 0 bridgehead atoms. The van der Waals surface area contributed by atoms with Crippen LogP contribution >= 0.6 is 0 Å². The molecule has 1 aliphatic heterocycles. The fraction of sp³-hybridized carbons (Fsp3) is 0.900. The molecule has 0 aliphatic carbocycles. The van der Waals surface area contributed by atoms with Gasteiger partial charge in [-0.15, -0.1) is 0 Å². The van der Waals surface area contributed by atoms with Crippen LogP contribution in [0.15, 0.2) is 0 Å². The first-order chi connectivity index (χ1) is 6.66. The quantitative estimate of drug-likeness (QED) is 0.628. The average molecular weight is 199 g/mol. The average Bonchev–Trinajstić information content (AvgIpc) is 2.60. The zero-order chi connectivity index (χ0) is 10.4. The highest BCUT2D eigenvalue weighted by Gasteiger charge is 2.27. The molecule has 1 rings (SSSR count). The molecule has 82 valence electrons. The summed E-state index contributed by atoms with van der Waals surface area (Å²) in [5.74, 6) is 0. The van der Waals surface area contributed by atoms with E-state index in [0.29, 0.717) is 6.54 Å². The standard InChI is InChI=1S/C10H21N3O/c1-3-6-11-9(14)12-8-10(2)5-4-7-13-10/h13H,3-8H2,1-2H3,(H2,11,12,14). The molecule has 0 aromatic heterocycles. The van der Waals surface area contributed by atoms with E-state index in [2.05, 4.69) is 22.9 Å². The summed E-state index contributed by atoms with van der Waals surface area (Å²) in [5.41, 5.74) is 0.101. The van der Waals surface area contributed by atoms with E-state index in [1.54, 1.807) is 0 Å². The van der Waals surface area contributed by atoms with Crippen molar-refractivity contribution in [2.45, 2.75) is 38.6 Å². The number of hydrogen-bond acceptors (Lipinski definition) is 2. The van der Waals surface area contributed by atoms with Gasteiger partial charge in [0.15, 0.2) is 0 Å². The molecular weight excluding hydrogens is 178 g/mol. The second kappa shape index (κ2) is 5.20. The molecule has 0 radical (unpaired) electrons. The van der Waals surface area contributed by atoms with Crippen molar-refractivity contribution in [3.63, 3.8) is 0 Å². The van der Waals surface area contributed by atoms with E-state index in [1.807, 2.05) is 6.92 Å². The van der Waals surface area contributed by atoms with Gasteiger partial charge in [0.2, 0.25) is 0 Å². The lowest BCUT2D eigenvalue weighted by Crippen LogP contribution is -2.49. The molecule has 0 spiro atoms. The molecule has 1 fully saturated rings. The molecule has 0 aromatic rings. The first-order valence-electron chi connectivity index (χ1n) is 5.43. The molecule has 1 saturated heterocycles. The lowest BCUT2D eigenvalue weighted by Gasteiger charge is -2.24. The molecule has 4 heteroatoms. The van der Waals surface area contributed by atoms with Gasteiger partial charge in [-0.25, -0.2) is 4.79 Å². The molecule has 1 atom stereocenters. The van der Waals surface area contributed by atoms with Crippen LogP contribution in [-0.2, 0) is 0 Å². The third kappa shape index (κ3) is 3.54. The van der Waals surface area contributed by atoms with Crippen molar-refractivity contribution < 1.29 is 4.79 Å². The molecule has 0 saturated carbocycles. The molecular formula is C10H21N3O. The van der Waals surface area contributed by atoms with Crippen LogP contribution in [0.2, 0.25) is 0 Å². The lowest BCUT2D eigenvalue weighted by atomic mass is 10.0. The Kier molecular flexibility index (Phi) is 4.20. The van der Waals surface area contributed by atoms with Gasteiger partial charge in [-0.05, 0) is 32.7 Å². The summed E-state index contributed by atoms with van der Waals surface area (Å²) in [5, 5.41) is 9.08. The first kappa shape index (κ1) is 11.3. The minimum atomic E-state index is -0.0539. The topological polar surface area (TPSA) is 53.2 Å². The van der Waals surface area contributed by atoms with Gasteiger partial charge in [0.25, 0.3) is 0 Å². The highest BCUT2D eigenvalue weighted by molar-refractivity contribution is 5.73. The molecule has 2 amide bonds. The maximum Gasteiger partial charge on any atom is 0.314 e. The lowest BCUT2D eigenvalue weighted by molar-refractivity contribution is 0.236. The van der Waals surface area contributed by atoms with Crippen molar-refractivity contribution in [1.82, 2.24) is 16.0 Å². The van der Waals surface area contributed by atoms with Gasteiger partial charge in [-0.3, -0.25) is 0 Å². The molecule has 1 aliphatic rings. The second-order valence-electron chi connectivity index (χ2n) is 4.20. The molecule has 3 N–H and O–H groups in total. The van der Waals surface area contributed by atoms with E-state index in [4.69, 9.17) is 0 Å². The van der Waals surface area contributed by atoms with Crippen LogP contribution < -0.4 is 16.0 Å². The summed E-state index contributed by atoms with van der Waals surface area (Å²) < 4.78 is 0. The number of nitrogens with one attached hydrogen (secondary N) is 3. The van der Waals surface area contributed by atoms with Crippen molar-refractivity contribution in [3.8, 4) is 0 Å². The van der Waals surface area contributed by atoms with Crippen LogP contribution in [0.3, 0.4) is 0 Å². The summed E-state index contributed by atoms with van der Waals surface area (Å²) in [7, 11) is 0. The maximum absolute atomic E-state index is 11.3. The van der Waals surface area contributed by atoms with E-state index < -0.39 is 0 Å². The Morgan fingerprint density at radius 3 is 2.86 bits per heavy atom. The van der Waals surface area contributed by atoms with Crippen molar-refractivity contribution in [2.75, 3.05) is 19.6 Å². The highest BCUT2D eigenvalue weighted by Crippen LogP contribution is 2.16. The van der Waals surface area contributed by atoms with Crippen LogP contribution in [0.5, 0.6) is 0 Å². The highest BCUT2D eigenvalue weighted by atomic mass is 16.2. The number of carbonyl (C=O) groups is 1. The largest absolute Gasteiger partial charge is 0.338 e. The second-order valence-corrected chi connectivity index (χ2v) is 4.20. The Labute approximate surface area is 85.8 Å². The minimum absolute atomic E-state index is 0.0539. The number of hydrogen-bond donors (Lipinski definition) is 3. The van der Waals surface area contributed by atoms with Gasteiger partial charge in [-0.1, -0.05) is 6.92 Å². The molecule has 1 unspecified atom stereocenters. The van der Waals surface area contributed by atoms with Gasteiger partial charge < -0.3 is 16.0 Å². The summed E-state index contributed by atoms with van der Waals surface area (Å²) in [6.45, 7) is 6.72. The Morgan fingerprint density at radius 1 is 1.50 bits per heavy atom. The third-order valence-corrected chi connectivity index (χ3v) is 2.63.